The maximum absolute atomic E-state index is 5.54. The van der Waals surface area contributed by atoms with E-state index in [1.54, 1.807) is 21.3 Å². The maximum Gasteiger partial charge on any atom is 0.140 e. The fourth-order valence-corrected chi connectivity index (χ4v) is 2.80. The first-order chi connectivity index (χ1) is 9.56. The van der Waals surface area contributed by atoms with Crippen LogP contribution in [0.3, 0.4) is 0 Å². The number of rotatable bonds is 8. The lowest BCUT2D eigenvalue weighted by Crippen LogP contribution is -2.33. The average molecular weight is 346 g/mol. The molecule has 0 saturated heterocycles. The van der Waals surface area contributed by atoms with Gasteiger partial charge in [0.25, 0.3) is 0 Å². The van der Waals surface area contributed by atoms with Crippen molar-refractivity contribution in [3.8, 4) is 11.5 Å². The maximum atomic E-state index is 5.54. The Hall–Kier alpha value is -0.780. The Bertz CT molecular complexity index is 426. The Morgan fingerprint density at radius 2 is 1.85 bits per heavy atom. The van der Waals surface area contributed by atoms with Gasteiger partial charge in [0.15, 0.2) is 0 Å². The molecule has 4 nitrogen and oxygen atoms in total. The quantitative estimate of drug-likeness (QED) is 0.734. The molecule has 0 aliphatic heterocycles. The predicted molar refractivity (Wildman–Crippen MR) is 85.0 cm³/mol. The molecule has 114 valence electrons. The average Bonchev–Trinajstić information content (AvgIpc) is 2.46. The number of benzene rings is 1. The van der Waals surface area contributed by atoms with Gasteiger partial charge in [0.05, 0.1) is 20.8 Å². The van der Waals surface area contributed by atoms with Crippen molar-refractivity contribution < 1.29 is 14.2 Å². The van der Waals surface area contributed by atoms with E-state index in [0.29, 0.717) is 18.6 Å². The number of methoxy groups -OCH3 is 3. The van der Waals surface area contributed by atoms with Crippen LogP contribution in [-0.2, 0) is 4.74 Å². The SMILES string of the molecule is COCCNC(C)C(C)c1ccc(OC)c(Br)c1OC. The van der Waals surface area contributed by atoms with Crippen LogP contribution >= 0.6 is 15.9 Å². The molecule has 1 aromatic rings. The summed E-state index contributed by atoms with van der Waals surface area (Å²) in [4.78, 5) is 0. The molecule has 2 unspecified atom stereocenters. The zero-order valence-electron chi connectivity index (χ0n) is 12.8. The minimum absolute atomic E-state index is 0.309. The Morgan fingerprint density at radius 3 is 2.40 bits per heavy atom. The molecule has 0 aliphatic rings. The molecule has 0 spiro atoms. The zero-order valence-corrected chi connectivity index (χ0v) is 14.4. The summed E-state index contributed by atoms with van der Waals surface area (Å²) < 4.78 is 16.8. The molecule has 0 aromatic heterocycles. The van der Waals surface area contributed by atoms with Gasteiger partial charge in [-0.3, -0.25) is 0 Å². The largest absolute Gasteiger partial charge is 0.495 e. The molecule has 0 bridgehead atoms. The second-order valence-corrected chi connectivity index (χ2v) is 5.52. The van der Waals surface area contributed by atoms with Crippen LogP contribution in [0.1, 0.15) is 25.3 Å². The van der Waals surface area contributed by atoms with Gasteiger partial charge in [0, 0.05) is 19.7 Å². The monoisotopic (exact) mass is 345 g/mol. The Morgan fingerprint density at radius 1 is 1.15 bits per heavy atom. The highest BCUT2D eigenvalue weighted by Gasteiger charge is 2.21. The molecule has 20 heavy (non-hydrogen) atoms. The van der Waals surface area contributed by atoms with E-state index in [-0.39, 0.29) is 0 Å². The summed E-state index contributed by atoms with van der Waals surface area (Å²) in [7, 11) is 5.04. The molecule has 0 aliphatic carbocycles. The number of hydrogen-bond acceptors (Lipinski definition) is 4. The van der Waals surface area contributed by atoms with Crippen molar-refractivity contribution in [3.63, 3.8) is 0 Å². The second kappa shape index (κ2) is 8.49. The summed E-state index contributed by atoms with van der Waals surface area (Å²) in [6.07, 6.45) is 0. The number of halogens is 1. The van der Waals surface area contributed by atoms with Gasteiger partial charge in [-0.2, -0.15) is 0 Å². The Kier molecular flexibility index (Phi) is 7.34. The van der Waals surface area contributed by atoms with E-state index in [9.17, 15) is 0 Å². The van der Waals surface area contributed by atoms with E-state index >= 15 is 0 Å². The van der Waals surface area contributed by atoms with Crippen LogP contribution in [0.25, 0.3) is 0 Å². The van der Waals surface area contributed by atoms with E-state index in [4.69, 9.17) is 14.2 Å². The van der Waals surface area contributed by atoms with Crippen molar-refractivity contribution >= 4 is 15.9 Å². The van der Waals surface area contributed by atoms with E-state index in [1.165, 1.54) is 0 Å². The lowest BCUT2D eigenvalue weighted by atomic mass is 9.93. The van der Waals surface area contributed by atoms with Crippen molar-refractivity contribution in [2.75, 3.05) is 34.5 Å². The Balaban J connectivity index is 2.91. The summed E-state index contributed by atoms with van der Waals surface area (Å²) in [5.41, 5.74) is 1.15. The summed E-state index contributed by atoms with van der Waals surface area (Å²) in [5.74, 6) is 1.92. The molecule has 5 heteroatoms. The van der Waals surface area contributed by atoms with Crippen molar-refractivity contribution in [2.24, 2.45) is 0 Å². The molecule has 1 aromatic carbocycles. The van der Waals surface area contributed by atoms with Crippen LogP contribution in [-0.4, -0.2) is 40.5 Å². The zero-order chi connectivity index (χ0) is 15.1. The van der Waals surface area contributed by atoms with Crippen LogP contribution in [0.2, 0.25) is 0 Å². The highest BCUT2D eigenvalue weighted by molar-refractivity contribution is 9.10. The lowest BCUT2D eigenvalue weighted by Gasteiger charge is -2.24. The van der Waals surface area contributed by atoms with E-state index < -0.39 is 0 Å². The third-order valence-corrected chi connectivity index (χ3v) is 4.28. The second-order valence-electron chi connectivity index (χ2n) is 4.73. The van der Waals surface area contributed by atoms with Crippen molar-refractivity contribution in [3.05, 3.63) is 22.2 Å². The first-order valence-corrected chi connectivity index (χ1v) is 7.48. The van der Waals surface area contributed by atoms with Gasteiger partial charge in [0.2, 0.25) is 0 Å². The third-order valence-electron chi connectivity index (χ3n) is 3.53. The highest BCUT2D eigenvalue weighted by Crippen LogP contribution is 2.40. The highest BCUT2D eigenvalue weighted by atomic mass is 79.9. The summed E-state index contributed by atoms with van der Waals surface area (Å²) in [6.45, 7) is 5.89. The van der Waals surface area contributed by atoms with Gasteiger partial charge in [0.1, 0.15) is 16.0 Å². The van der Waals surface area contributed by atoms with E-state index in [0.717, 1.165) is 28.1 Å². The van der Waals surface area contributed by atoms with Crippen molar-refractivity contribution in [1.82, 2.24) is 5.32 Å². The van der Waals surface area contributed by atoms with Gasteiger partial charge in [-0.1, -0.05) is 13.0 Å². The van der Waals surface area contributed by atoms with E-state index in [1.807, 2.05) is 6.07 Å². The number of ether oxygens (including phenoxy) is 3. The van der Waals surface area contributed by atoms with E-state index in [2.05, 4.69) is 41.2 Å². The number of hydrogen-bond donors (Lipinski definition) is 1. The predicted octanol–water partition coefficient (Wildman–Crippen LogP) is 3.19. The molecular formula is C15H24BrNO3. The van der Waals surface area contributed by atoms with Crippen molar-refractivity contribution in [1.29, 1.82) is 0 Å². The van der Waals surface area contributed by atoms with Gasteiger partial charge in [-0.05, 0) is 40.4 Å². The van der Waals surface area contributed by atoms with Gasteiger partial charge in [-0.15, -0.1) is 0 Å². The first-order valence-electron chi connectivity index (χ1n) is 6.69. The molecule has 0 amide bonds. The van der Waals surface area contributed by atoms with Crippen LogP contribution in [0.15, 0.2) is 16.6 Å². The van der Waals surface area contributed by atoms with Crippen LogP contribution in [0, 0.1) is 0 Å². The smallest absolute Gasteiger partial charge is 0.140 e. The van der Waals surface area contributed by atoms with Gasteiger partial charge >= 0.3 is 0 Å². The molecule has 0 heterocycles. The summed E-state index contributed by atoms with van der Waals surface area (Å²) >= 11 is 3.54. The lowest BCUT2D eigenvalue weighted by molar-refractivity contribution is 0.195. The molecule has 0 fully saturated rings. The minimum Gasteiger partial charge on any atom is -0.495 e. The summed E-state index contributed by atoms with van der Waals surface area (Å²) in [6, 6.07) is 4.33. The fourth-order valence-electron chi connectivity index (χ4n) is 2.11. The molecule has 1 N–H and O–H groups in total. The fraction of sp³-hybridized carbons (Fsp3) is 0.600. The summed E-state index contributed by atoms with van der Waals surface area (Å²) in [5, 5.41) is 3.45. The van der Waals surface area contributed by atoms with Crippen LogP contribution in [0.4, 0.5) is 0 Å². The van der Waals surface area contributed by atoms with Gasteiger partial charge < -0.3 is 19.5 Å². The van der Waals surface area contributed by atoms with Crippen molar-refractivity contribution in [2.45, 2.75) is 25.8 Å². The minimum atomic E-state index is 0.309. The van der Waals surface area contributed by atoms with Gasteiger partial charge in [-0.25, -0.2) is 0 Å². The topological polar surface area (TPSA) is 39.7 Å². The van der Waals surface area contributed by atoms with Crippen LogP contribution < -0.4 is 14.8 Å². The normalized spacial score (nSPS) is 13.9. The third kappa shape index (κ3) is 4.11. The molecule has 0 saturated carbocycles. The molecule has 2 atom stereocenters. The molecule has 0 radical (unpaired) electrons. The molecule has 1 rings (SSSR count). The number of nitrogens with one attached hydrogen (secondary N) is 1. The first kappa shape index (κ1) is 17.3. The van der Waals surface area contributed by atoms with Crippen LogP contribution in [0.5, 0.6) is 11.5 Å². The molecular weight excluding hydrogens is 322 g/mol. The standard InChI is InChI=1S/C15H24BrNO3/c1-10(11(2)17-8-9-18-3)12-6-7-13(19-4)14(16)15(12)20-5/h6-7,10-11,17H,8-9H2,1-5H3. The Labute approximate surface area is 129 Å².